The van der Waals surface area contributed by atoms with Crippen LogP contribution in [0.5, 0.6) is 0 Å². The zero-order valence-corrected chi connectivity index (χ0v) is 23.1. The number of hydrogen-bond acceptors (Lipinski definition) is 4. The van der Waals surface area contributed by atoms with Gasteiger partial charge in [-0.1, -0.05) is 95.6 Å². The van der Waals surface area contributed by atoms with Gasteiger partial charge in [-0.05, 0) is 63.1 Å². The summed E-state index contributed by atoms with van der Waals surface area (Å²) in [6.07, 6.45) is 0.627. The van der Waals surface area contributed by atoms with E-state index in [1.54, 1.807) is 0 Å². The molecule has 198 valence electrons. The minimum atomic E-state index is -0.347. The summed E-state index contributed by atoms with van der Waals surface area (Å²) in [5.41, 5.74) is 9.39. The second-order valence-electron chi connectivity index (χ2n) is 10.3. The van der Waals surface area contributed by atoms with Crippen LogP contribution in [-0.4, -0.2) is 12.6 Å². The highest BCUT2D eigenvalue weighted by atomic mass is 16.5. The molecule has 4 heteroatoms. The molecule has 0 fully saturated rings. The molecule has 4 nitrogen and oxygen atoms in total. The topological polar surface area (TPSA) is 41.6 Å². The van der Waals surface area contributed by atoms with Crippen molar-refractivity contribution in [2.24, 2.45) is 0 Å². The van der Waals surface area contributed by atoms with E-state index in [2.05, 4.69) is 128 Å². The minimum absolute atomic E-state index is 0.00886. The van der Waals surface area contributed by atoms with Gasteiger partial charge in [-0.15, -0.1) is 0 Å². The third-order valence-corrected chi connectivity index (χ3v) is 7.36. The van der Waals surface area contributed by atoms with Crippen molar-refractivity contribution in [2.45, 2.75) is 46.2 Å². The molecule has 1 aliphatic heterocycles. The Balaban J connectivity index is 1.76. The number of rotatable bonds is 7. The SMILES string of the molecule is CCOC(=O)C1=C(Nc2ccc(C)cc2)CC(c2ccc(C)cc2)N(c2ccccc2)C1c1ccc(C)cc1. The van der Waals surface area contributed by atoms with Crippen LogP contribution in [0.1, 0.15) is 53.2 Å². The summed E-state index contributed by atoms with van der Waals surface area (Å²) in [7, 11) is 0. The number of hydrogen-bond donors (Lipinski definition) is 1. The van der Waals surface area contributed by atoms with Crippen molar-refractivity contribution in [1.29, 1.82) is 0 Å². The second kappa shape index (κ2) is 11.6. The first kappa shape index (κ1) is 26.3. The summed E-state index contributed by atoms with van der Waals surface area (Å²) < 4.78 is 5.72. The Morgan fingerprint density at radius 1 is 0.769 bits per heavy atom. The summed E-state index contributed by atoms with van der Waals surface area (Å²) in [4.78, 5) is 16.2. The molecule has 2 unspecified atom stereocenters. The highest BCUT2D eigenvalue weighted by Gasteiger charge is 2.41. The molecule has 0 saturated heterocycles. The quantitative estimate of drug-likeness (QED) is 0.251. The van der Waals surface area contributed by atoms with Gasteiger partial charge in [0, 0.05) is 23.5 Å². The largest absolute Gasteiger partial charge is 0.463 e. The highest BCUT2D eigenvalue weighted by Crippen LogP contribution is 2.48. The van der Waals surface area contributed by atoms with E-state index in [9.17, 15) is 4.79 Å². The molecule has 39 heavy (non-hydrogen) atoms. The number of benzene rings is 4. The van der Waals surface area contributed by atoms with E-state index in [4.69, 9.17) is 4.74 Å². The number of para-hydroxylation sites is 1. The molecule has 0 aromatic heterocycles. The smallest absolute Gasteiger partial charge is 0.338 e. The molecule has 1 aliphatic rings. The fourth-order valence-corrected chi connectivity index (χ4v) is 5.33. The lowest BCUT2D eigenvalue weighted by Gasteiger charge is -2.46. The highest BCUT2D eigenvalue weighted by molar-refractivity contribution is 5.93. The third kappa shape index (κ3) is 5.75. The fraction of sp³-hybridized carbons (Fsp3) is 0.229. The Bertz CT molecular complexity index is 1440. The van der Waals surface area contributed by atoms with E-state index in [1.807, 2.05) is 13.0 Å². The van der Waals surface area contributed by atoms with E-state index in [0.29, 0.717) is 18.6 Å². The third-order valence-electron chi connectivity index (χ3n) is 7.36. The molecule has 5 rings (SSSR count). The molecule has 4 aromatic carbocycles. The van der Waals surface area contributed by atoms with Gasteiger partial charge in [-0.3, -0.25) is 0 Å². The van der Waals surface area contributed by atoms with Crippen molar-refractivity contribution < 1.29 is 9.53 Å². The Morgan fingerprint density at radius 2 is 1.31 bits per heavy atom. The zero-order valence-electron chi connectivity index (χ0n) is 23.1. The van der Waals surface area contributed by atoms with Crippen molar-refractivity contribution in [3.8, 4) is 0 Å². The first-order valence-corrected chi connectivity index (χ1v) is 13.6. The molecule has 4 aromatic rings. The summed E-state index contributed by atoms with van der Waals surface area (Å²) in [6.45, 7) is 8.44. The van der Waals surface area contributed by atoms with Crippen molar-refractivity contribution in [2.75, 3.05) is 16.8 Å². The van der Waals surface area contributed by atoms with Gasteiger partial charge in [0.2, 0.25) is 0 Å². The maximum atomic E-state index is 13.8. The molecular weight excluding hydrogens is 480 g/mol. The number of ether oxygens (including phenoxy) is 1. The summed E-state index contributed by atoms with van der Waals surface area (Å²) in [5.74, 6) is -0.291. The lowest BCUT2D eigenvalue weighted by atomic mass is 9.83. The normalized spacial score (nSPS) is 17.2. The average Bonchev–Trinajstić information content (AvgIpc) is 2.95. The Kier molecular flexibility index (Phi) is 7.83. The van der Waals surface area contributed by atoms with Crippen LogP contribution in [0.3, 0.4) is 0 Å². The van der Waals surface area contributed by atoms with Crippen molar-refractivity contribution in [1.82, 2.24) is 0 Å². The first-order chi connectivity index (χ1) is 18.9. The minimum Gasteiger partial charge on any atom is -0.463 e. The molecule has 0 spiro atoms. The van der Waals surface area contributed by atoms with E-state index in [1.165, 1.54) is 22.3 Å². The van der Waals surface area contributed by atoms with Gasteiger partial charge in [0.25, 0.3) is 0 Å². The molecule has 0 saturated carbocycles. The van der Waals surface area contributed by atoms with Crippen molar-refractivity contribution in [3.05, 3.63) is 142 Å². The molecule has 2 atom stereocenters. The van der Waals surface area contributed by atoms with Gasteiger partial charge in [0.05, 0.1) is 24.3 Å². The Labute approximate surface area is 232 Å². The standard InChI is InChI=1S/C35H36N2O2/c1-5-39-35(38)33-31(36-29-21-15-26(4)16-22-29)23-32(27-17-11-24(2)12-18-27)37(30-9-7-6-8-10-30)34(33)28-19-13-25(3)14-20-28/h6-22,32,34,36H,5,23H2,1-4H3. The average molecular weight is 517 g/mol. The van der Waals surface area contributed by atoms with Crippen LogP contribution in [0, 0.1) is 20.8 Å². The summed E-state index contributed by atoms with van der Waals surface area (Å²) in [5, 5.41) is 3.64. The number of carbonyl (C=O) groups is 1. The van der Waals surface area contributed by atoms with Crippen LogP contribution in [-0.2, 0) is 9.53 Å². The van der Waals surface area contributed by atoms with Crippen LogP contribution in [0.2, 0.25) is 0 Å². The predicted octanol–water partition coefficient (Wildman–Crippen LogP) is 8.23. The van der Waals surface area contributed by atoms with Gasteiger partial charge in [-0.25, -0.2) is 4.79 Å². The van der Waals surface area contributed by atoms with Crippen LogP contribution in [0.15, 0.2) is 114 Å². The maximum absolute atomic E-state index is 13.8. The molecule has 0 bridgehead atoms. The van der Waals surface area contributed by atoms with Gasteiger partial charge in [-0.2, -0.15) is 0 Å². The molecule has 0 radical (unpaired) electrons. The molecule has 1 heterocycles. The Hall–Kier alpha value is -4.31. The van der Waals surface area contributed by atoms with E-state index in [0.717, 1.165) is 22.6 Å². The number of nitrogens with zero attached hydrogens (tertiary/aromatic N) is 1. The van der Waals surface area contributed by atoms with Crippen LogP contribution in [0.25, 0.3) is 0 Å². The van der Waals surface area contributed by atoms with Gasteiger partial charge in [0.15, 0.2) is 0 Å². The lowest BCUT2D eigenvalue weighted by molar-refractivity contribution is -0.139. The number of carbonyl (C=O) groups excluding carboxylic acids is 1. The monoisotopic (exact) mass is 516 g/mol. The van der Waals surface area contributed by atoms with E-state index < -0.39 is 0 Å². The van der Waals surface area contributed by atoms with E-state index in [-0.39, 0.29) is 18.1 Å². The second-order valence-corrected chi connectivity index (χ2v) is 10.3. The van der Waals surface area contributed by atoms with Crippen molar-refractivity contribution in [3.63, 3.8) is 0 Å². The lowest BCUT2D eigenvalue weighted by Crippen LogP contribution is -2.41. The van der Waals surface area contributed by atoms with Gasteiger partial charge in [0.1, 0.15) is 0 Å². The number of anilines is 2. The number of esters is 1. The molecule has 1 N–H and O–H groups in total. The maximum Gasteiger partial charge on any atom is 0.338 e. The Morgan fingerprint density at radius 3 is 1.87 bits per heavy atom. The zero-order chi connectivity index (χ0) is 27.4. The predicted molar refractivity (Wildman–Crippen MR) is 160 cm³/mol. The van der Waals surface area contributed by atoms with Crippen LogP contribution >= 0.6 is 0 Å². The molecular formula is C35H36N2O2. The molecule has 0 amide bonds. The number of nitrogens with one attached hydrogen (secondary N) is 1. The van der Waals surface area contributed by atoms with Crippen LogP contribution < -0.4 is 10.2 Å². The summed E-state index contributed by atoms with van der Waals surface area (Å²) in [6, 6.07) is 35.6. The van der Waals surface area contributed by atoms with Crippen LogP contribution in [0.4, 0.5) is 11.4 Å². The molecule has 0 aliphatic carbocycles. The summed E-state index contributed by atoms with van der Waals surface area (Å²) >= 11 is 0. The van der Waals surface area contributed by atoms with Crippen molar-refractivity contribution >= 4 is 17.3 Å². The fourth-order valence-electron chi connectivity index (χ4n) is 5.33. The number of aryl methyl sites for hydroxylation is 3. The first-order valence-electron chi connectivity index (χ1n) is 13.6. The van der Waals surface area contributed by atoms with Gasteiger partial charge >= 0.3 is 5.97 Å². The van der Waals surface area contributed by atoms with E-state index >= 15 is 0 Å². The van der Waals surface area contributed by atoms with Gasteiger partial charge < -0.3 is 15.0 Å².